The molecule has 6 nitrogen and oxygen atoms in total. The predicted octanol–water partition coefficient (Wildman–Crippen LogP) is 3.16. The van der Waals surface area contributed by atoms with Gasteiger partial charge in [0, 0.05) is 6.07 Å². The number of nitrogens with one attached hydrogen (secondary N) is 2. The first-order valence-corrected chi connectivity index (χ1v) is 8.71. The quantitative estimate of drug-likeness (QED) is 0.793. The lowest BCUT2D eigenvalue weighted by Crippen LogP contribution is -2.47. The Balaban J connectivity index is 2.14. The van der Waals surface area contributed by atoms with E-state index in [1.807, 2.05) is 19.2 Å². The summed E-state index contributed by atoms with van der Waals surface area (Å²) in [6.07, 6.45) is 0. The van der Waals surface area contributed by atoms with Crippen LogP contribution in [0.5, 0.6) is 11.5 Å². The third kappa shape index (κ3) is 4.73. The summed E-state index contributed by atoms with van der Waals surface area (Å²) in [6.45, 7) is 3.76. The largest absolute Gasteiger partial charge is 0.497 e. The normalized spacial score (nSPS) is 11.7. The van der Waals surface area contributed by atoms with E-state index in [0.29, 0.717) is 22.1 Å². The van der Waals surface area contributed by atoms with Crippen molar-refractivity contribution in [3.05, 3.63) is 40.6 Å². The summed E-state index contributed by atoms with van der Waals surface area (Å²) in [5.74, 6) is 0.475. The van der Waals surface area contributed by atoms with Crippen molar-refractivity contribution in [2.45, 2.75) is 19.9 Å². The van der Waals surface area contributed by atoms with Crippen LogP contribution < -0.4 is 20.1 Å². The van der Waals surface area contributed by atoms with Gasteiger partial charge in [-0.3, -0.25) is 9.59 Å². The molecule has 1 heterocycles. The molecule has 2 aromatic rings. The average Bonchev–Trinajstić information content (AvgIpc) is 3.14. The van der Waals surface area contributed by atoms with Crippen LogP contribution in [0.1, 0.15) is 23.5 Å². The van der Waals surface area contributed by atoms with Crippen molar-refractivity contribution < 1.29 is 19.1 Å². The minimum Gasteiger partial charge on any atom is -0.497 e. The Bertz CT molecular complexity index is 729. The van der Waals surface area contributed by atoms with Crippen molar-refractivity contribution in [1.29, 1.82) is 0 Å². The Kier molecular flexibility index (Phi) is 6.41. The molecule has 1 aromatic heterocycles. The van der Waals surface area contributed by atoms with Gasteiger partial charge < -0.3 is 20.1 Å². The molecule has 134 valence electrons. The van der Waals surface area contributed by atoms with E-state index in [4.69, 9.17) is 9.47 Å². The topological polar surface area (TPSA) is 76.7 Å². The number of carbonyl (C=O) groups excluding carboxylic acids is 2. The van der Waals surface area contributed by atoms with Gasteiger partial charge in [-0.05, 0) is 29.5 Å². The lowest BCUT2D eigenvalue weighted by atomic mass is 10.0. The summed E-state index contributed by atoms with van der Waals surface area (Å²) < 4.78 is 10.4. The number of thiophene rings is 1. The number of anilines is 1. The Morgan fingerprint density at radius 3 is 2.44 bits per heavy atom. The average molecular weight is 362 g/mol. The fourth-order valence-corrected chi connectivity index (χ4v) is 2.89. The number of ether oxygens (including phenoxy) is 2. The van der Waals surface area contributed by atoms with Crippen LogP contribution in [0.25, 0.3) is 0 Å². The van der Waals surface area contributed by atoms with E-state index in [1.165, 1.54) is 18.4 Å². The van der Waals surface area contributed by atoms with E-state index in [1.54, 1.807) is 37.4 Å². The standard InChI is InChI=1S/C18H22N2O4S/c1-11(2)16(20-17(21)15-6-5-9-25-15)18(22)19-13-8-7-12(23-3)10-14(13)24-4/h5-11,16H,1-4H3,(H,19,22)(H,20,21)/t16-/m0/s1. The van der Waals surface area contributed by atoms with Gasteiger partial charge in [-0.25, -0.2) is 0 Å². The second kappa shape index (κ2) is 8.53. The Morgan fingerprint density at radius 1 is 1.12 bits per heavy atom. The zero-order valence-corrected chi connectivity index (χ0v) is 15.5. The number of amides is 2. The lowest BCUT2D eigenvalue weighted by Gasteiger charge is -2.22. The van der Waals surface area contributed by atoms with Gasteiger partial charge in [0.2, 0.25) is 5.91 Å². The zero-order chi connectivity index (χ0) is 18.4. The second-order valence-electron chi connectivity index (χ2n) is 5.73. The maximum Gasteiger partial charge on any atom is 0.262 e. The summed E-state index contributed by atoms with van der Waals surface area (Å²) in [7, 11) is 3.07. The fraction of sp³-hybridized carbons (Fsp3) is 0.333. The van der Waals surface area contributed by atoms with Crippen LogP contribution in [-0.2, 0) is 4.79 Å². The third-order valence-electron chi connectivity index (χ3n) is 3.65. The van der Waals surface area contributed by atoms with Gasteiger partial charge in [0.25, 0.3) is 5.91 Å². The van der Waals surface area contributed by atoms with Gasteiger partial charge in [0.05, 0.1) is 24.8 Å². The lowest BCUT2D eigenvalue weighted by molar-refractivity contribution is -0.118. The van der Waals surface area contributed by atoms with Gasteiger partial charge >= 0.3 is 0 Å². The van der Waals surface area contributed by atoms with Crippen LogP contribution in [-0.4, -0.2) is 32.1 Å². The van der Waals surface area contributed by atoms with Crippen molar-refractivity contribution in [1.82, 2.24) is 5.32 Å². The first kappa shape index (κ1) is 18.8. The molecule has 2 amide bonds. The molecule has 0 radical (unpaired) electrons. The van der Waals surface area contributed by atoms with E-state index in [9.17, 15) is 9.59 Å². The molecule has 1 atom stereocenters. The van der Waals surface area contributed by atoms with E-state index in [2.05, 4.69) is 10.6 Å². The number of hydrogen-bond acceptors (Lipinski definition) is 5. The fourth-order valence-electron chi connectivity index (χ4n) is 2.27. The maximum atomic E-state index is 12.7. The van der Waals surface area contributed by atoms with Crippen LogP contribution >= 0.6 is 11.3 Å². The van der Waals surface area contributed by atoms with Gasteiger partial charge in [0.1, 0.15) is 17.5 Å². The zero-order valence-electron chi connectivity index (χ0n) is 14.7. The molecule has 1 aromatic carbocycles. The Labute approximate surface area is 151 Å². The number of methoxy groups -OCH3 is 2. The predicted molar refractivity (Wildman–Crippen MR) is 98.6 cm³/mol. The van der Waals surface area contributed by atoms with Crippen LogP contribution in [0.15, 0.2) is 35.7 Å². The molecule has 0 fully saturated rings. The van der Waals surface area contributed by atoms with E-state index in [-0.39, 0.29) is 17.7 Å². The molecule has 0 unspecified atom stereocenters. The molecule has 0 aliphatic carbocycles. The van der Waals surface area contributed by atoms with E-state index >= 15 is 0 Å². The van der Waals surface area contributed by atoms with Gasteiger partial charge in [-0.2, -0.15) is 0 Å². The molecular weight excluding hydrogens is 340 g/mol. The molecule has 7 heteroatoms. The molecule has 0 spiro atoms. The second-order valence-corrected chi connectivity index (χ2v) is 6.68. The summed E-state index contributed by atoms with van der Waals surface area (Å²) in [5.41, 5.74) is 0.518. The Morgan fingerprint density at radius 2 is 1.88 bits per heavy atom. The van der Waals surface area contributed by atoms with Gasteiger partial charge in [0.15, 0.2) is 0 Å². The van der Waals surface area contributed by atoms with Gasteiger partial charge in [-0.1, -0.05) is 19.9 Å². The highest BCUT2D eigenvalue weighted by Gasteiger charge is 2.25. The molecule has 0 bridgehead atoms. The minimum absolute atomic E-state index is 0.0758. The molecule has 0 saturated carbocycles. The minimum atomic E-state index is -0.665. The summed E-state index contributed by atoms with van der Waals surface area (Å²) in [5, 5.41) is 7.43. The molecule has 0 aliphatic rings. The summed E-state index contributed by atoms with van der Waals surface area (Å²) in [6, 6.07) is 7.97. The van der Waals surface area contributed by atoms with Crippen LogP contribution in [0, 0.1) is 5.92 Å². The van der Waals surface area contributed by atoms with Crippen molar-refractivity contribution >= 4 is 28.8 Å². The van der Waals surface area contributed by atoms with Crippen molar-refractivity contribution in [3.8, 4) is 11.5 Å². The monoisotopic (exact) mass is 362 g/mol. The number of hydrogen-bond donors (Lipinski definition) is 2. The van der Waals surface area contributed by atoms with E-state index < -0.39 is 6.04 Å². The highest BCUT2D eigenvalue weighted by molar-refractivity contribution is 7.12. The number of rotatable bonds is 7. The number of carbonyl (C=O) groups is 2. The molecule has 2 N–H and O–H groups in total. The highest BCUT2D eigenvalue weighted by Crippen LogP contribution is 2.29. The van der Waals surface area contributed by atoms with Crippen molar-refractivity contribution in [3.63, 3.8) is 0 Å². The molecule has 0 saturated heterocycles. The molecule has 2 rings (SSSR count). The van der Waals surface area contributed by atoms with Crippen LogP contribution in [0.2, 0.25) is 0 Å². The first-order valence-electron chi connectivity index (χ1n) is 7.83. The molecular formula is C18H22N2O4S. The SMILES string of the molecule is COc1ccc(NC(=O)[C@@H](NC(=O)c2cccs2)C(C)C)c(OC)c1. The molecule has 0 aliphatic heterocycles. The number of benzene rings is 1. The van der Waals surface area contributed by atoms with Crippen LogP contribution in [0.3, 0.4) is 0 Å². The van der Waals surface area contributed by atoms with Crippen LogP contribution in [0.4, 0.5) is 5.69 Å². The summed E-state index contributed by atoms with van der Waals surface area (Å²) in [4.78, 5) is 25.5. The molecule has 25 heavy (non-hydrogen) atoms. The third-order valence-corrected chi connectivity index (χ3v) is 4.52. The maximum absolute atomic E-state index is 12.7. The summed E-state index contributed by atoms with van der Waals surface area (Å²) >= 11 is 1.33. The smallest absolute Gasteiger partial charge is 0.262 e. The van der Waals surface area contributed by atoms with Crippen molar-refractivity contribution in [2.75, 3.05) is 19.5 Å². The van der Waals surface area contributed by atoms with Crippen molar-refractivity contribution in [2.24, 2.45) is 5.92 Å². The highest BCUT2D eigenvalue weighted by atomic mass is 32.1. The van der Waals surface area contributed by atoms with E-state index in [0.717, 1.165) is 0 Å². The van der Waals surface area contributed by atoms with Gasteiger partial charge in [-0.15, -0.1) is 11.3 Å². The first-order chi connectivity index (χ1) is 12.0. The Hall–Kier alpha value is -2.54.